The molecule has 1 unspecified atom stereocenters. The third kappa shape index (κ3) is 1.80. The second kappa shape index (κ2) is 3.09. The maximum Gasteiger partial charge on any atom is 0.412 e. The zero-order valence-electron chi connectivity index (χ0n) is 6.78. The lowest BCUT2D eigenvalue weighted by Crippen LogP contribution is -2.13. The summed E-state index contributed by atoms with van der Waals surface area (Å²) in [5.74, 6) is 0. The molecule has 1 aliphatic carbocycles. The highest BCUT2D eigenvalue weighted by molar-refractivity contribution is 5.25. The summed E-state index contributed by atoms with van der Waals surface area (Å²) in [6.45, 7) is 1.68. The van der Waals surface area contributed by atoms with Crippen LogP contribution in [-0.2, 0) is 0 Å². The Hall–Kier alpha value is -0.510. The van der Waals surface area contributed by atoms with Crippen LogP contribution in [0, 0.1) is 0 Å². The normalized spacial score (nSPS) is 25.2. The smallest absolute Gasteiger partial charge is 0.392 e. The first-order chi connectivity index (χ1) is 5.45. The van der Waals surface area contributed by atoms with Crippen molar-refractivity contribution in [3.05, 3.63) is 11.1 Å². The summed E-state index contributed by atoms with van der Waals surface area (Å²) < 4.78 is 36.6. The Labute approximate surface area is 68.9 Å². The van der Waals surface area contributed by atoms with E-state index in [1.54, 1.807) is 6.92 Å². The molecule has 1 aliphatic rings. The van der Waals surface area contributed by atoms with Gasteiger partial charge < -0.3 is 5.11 Å². The monoisotopic (exact) mass is 180 g/mol. The molecule has 0 aliphatic heterocycles. The minimum Gasteiger partial charge on any atom is -0.392 e. The molecule has 0 amide bonds. The van der Waals surface area contributed by atoms with Gasteiger partial charge in [0.1, 0.15) is 0 Å². The van der Waals surface area contributed by atoms with E-state index in [4.69, 9.17) is 5.11 Å². The zero-order valence-corrected chi connectivity index (χ0v) is 6.78. The van der Waals surface area contributed by atoms with Crippen LogP contribution in [-0.4, -0.2) is 17.4 Å². The predicted molar refractivity (Wildman–Crippen MR) is 38.6 cm³/mol. The van der Waals surface area contributed by atoms with E-state index in [2.05, 4.69) is 0 Å². The lowest BCUT2D eigenvalue weighted by atomic mass is 10.1. The van der Waals surface area contributed by atoms with Crippen molar-refractivity contribution in [1.29, 1.82) is 0 Å². The van der Waals surface area contributed by atoms with Gasteiger partial charge in [-0.25, -0.2) is 0 Å². The lowest BCUT2D eigenvalue weighted by molar-refractivity contribution is -0.0954. The first-order valence-corrected chi connectivity index (χ1v) is 3.91. The third-order valence-corrected chi connectivity index (χ3v) is 2.12. The number of alkyl halides is 3. The summed E-state index contributed by atoms with van der Waals surface area (Å²) >= 11 is 0. The number of halogens is 3. The van der Waals surface area contributed by atoms with Gasteiger partial charge in [0.2, 0.25) is 0 Å². The Balaban J connectivity index is 2.85. The van der Waals surface area contributed by atoms with Gasteiger partial charge in [0, 0.05) is 12.0 Å². The van der Waals surface area contributed by atoms with Gasteiger partial charge in [-0.3, -0.25) is 0 Å². The van der Waals surface area contributed by atoms with Crippen molar-refractivity contribution in [2.75, 3.05) is 0 Å². The van der Waals surface area contributed by atoms with Crippen LogP contribution in [0.15, 0.2) is 11.1 Å². The van der Waals surface area contributed by atoms with Gasteiger partial charge >= 0.3 is 6.18 Å². The summed E-state index contributed by atoms with van der Waals surface area (Å²) in [5.41, 5.74) is -0.160. The van der Waals surface area contributed by atoms with E-state index in [0.717, 1.165) is 0 Å². The molecule has 1 rings (SSSR count). The van der Waals surface area contributed by atoms with E-state index in [1.165, 1.54) is 0 Å². The topological polar surface area (TPSA) is 20.2 Å². The molecule has 0 radical (unpaired) electrons. The SMILES string of the molecule is CCC1=C(C(F)(F)F)CC(O)C1. The van der Waals surface area contributed by atoms with E-state index in [-0.39, 0.29) is 12.8 Å². The Bertz CT molecular complexity index is 205. The standard InChI is InChI=1S/C8H11F3O/c1-2-5-3-6(12)4-7(5)8(9,10)11/h6,12H,2-4H2,1H3. The first kappa shape index (κ1) is 9.58. The fourth-order valence-electron chi connectivity index (χ4n) is 1.53. The second-order valence-electron chi connectivity index (χ2n) is 3.00. The maximum absolute atomic E-state index is 12.2. The van der Waals surface area contributed by atoms with E-state index in [9.17, 15) is 13.2 Å². The summed E-state index contributed by atoms with van der Waals surface area (Å²) in [6, 6.07) is 0. The molecule has 0 aromatic carbocycles. The molecule has 0 spiro atoms. The quantitative estimate of drug-likeness (QED) is 0.614. The summed E-state index contributed by atoms with van der Waals surface area (Å²) in [6.07, 6.45) is -4.73. The highest BCUT2D eigenvalue weighted by atomic mass is 19.4. The molecular weight excluding hydrogens is 169 g/mol. The molecular formula is C8H11F3O. The highest BCUT2D eigenvalue weighted by Gasteiger charge is 2.40. The van der Waals surface area contributed by atoms with Gasteiger partial charge in [-0.1, -0.05) is 12.5 Å². The Morgan fingerprint density at radius 1 is 1.42 bits per heavy atom. The van der Waals surface area contributed by atoms with Crippen molar-refractivity contribution in [1.82, 2.24) is 0 Å². The van der Waals surface area contributed by atoms with Crippen LogP contribution in [0.5, 0.6) is 0 Å². The Kier molecular flexibility index (Phi) is 2.46. The minimum atomic E-state index is -4.25. The van der Waals surface area contributed by atoms with Crippen molar-refractivity contribution < 1.29 is 18.3 Å². The van der Waals surface area contributed by atoms with Crippen LogP contribution in [0.2, 0.25) is 0 Å². The van der Waals surface area contributed by atoms with Crippen molar-refractivity contribution in [2.45, 2.75) is 38.5 Å². The van der Waals surface area contributed by atoms with Crippen LogP contribution >= 0.6 is 0 Å². The number of hydrogen-bond donors (Lipinski definition) is 1. The van der Waals surface area contributed by atoms with E-state index < -0.39 is 17.9 Å². The summed E-state index contributed by atoms with van der Waals surface area (Å²) in [4.78, 5) is 0. The first-order valence-electron chi connectivity index (χ1n) is 3.91. The molecule has 70 valence electrons. The van der Waals surface area contributed by atoms with Crippen LogP contribution in [0.1, 0.15) is 26.2 Å². The average Bonchev–Trinajstić information content (AvgIpc) is 2.29. The van der Waals surface area contributed by atoms with Crippen LogP contribution < -0.4 is 0 Å². The van der Waals surface area contributed by atoms with Crippen molar-refractivity contribution in [3.8, 4) is 0 Å². The summed E-state index contributed by atoms with van der Waals surface area (Å²) in [5, 5.41) is 9.02. The molecule has 0 saturated carbocycles. The van der Waals surface area contributed by atoms with E-state index >= 15 is 0 Å². The summed E-state index contributed by atoms with van der Waals surface area (Å²) in [7, 11) is 0. The van der Waals surface area contributed by atoms with Crippen LogP contribution in [0.4, 0.5) is 13.2 Å². The molecule has 0 heterocycles. The van der Waals surface area contributed by atoms with Gasteiger partial charge in [0.05, 0.1) is 6.10 Å². The van der Waals surface area contributed by atoms with Crippen LogP contribution in [0.3, 0.4) is 0 Å². The molecule has 12 heavy (non-hydrogen) atoms. The lowest BCUT2D eigenvalue weighted by Gasteiger charge is -2.09. The zero-order chi connectivity index (χ0) is 9.35. The number of aliphatic hydroxyl groups is 1. The van der Waals surface area contributed by atoms with Gasteiger partial charge in [0.25, 0.3) is 0 Å². The fourth-order valence-corrected chi connectivity index (χ4v) is 1.53. The largest absolute Gasteiger partial charge is 0.412 e. The van der Waals surface area contributed by atoms with Gasteiger partial charge in [-0.05, 0) is 12.8 Å². The molecule has 0 aromatic rings. The predicted octanol–water partition coefficient (Wildman–Crippen LogP) is 2.41. The van der Waals surface area contributed by atoms with Gasteiger partial charge in [-0.2, -0.15) is 13.2 Å². The molecule has 0 saturated heterocycles. The molecule has 0 bridgehead atoms. The van der Waals surface area contributed by atoms with Gasteiger partial charge in [-0.15, -0.1) is 0 Å². The highest BCUT2D eigenvalue weighted by Crippen LogP contribution is 2.39. The van der Waals surface area contributed by atoms with Crippen LogP contribution in [0.25, 0.3) is 0 Å². The van der Waals surface area contributed by atoms with Crippen molar-refractivity contribution >= 4 is 0 Å². The average molecular weight is 180 g/mol. The van der Waals surface area contributed by atoms with Gasteiger partial charge in [0.15, 0.2) is 0 Å². The molecule has 4 heteroatoms. The Morgan fingerprint density at radius 3 is 2.33 bits per heavy atom. The molecule has 1 N–H and O–H groups in total. The van der Waals surface area contributed by atoms with E-state index in [1.807, 2.05) is 0 Å². The number of rotatable bonds is 1. The Morgan fingerprint density at radius 2 is 2.00 bits per heavy atom. The second-order valence-corrected chi connectivity index (χ2v) is 3.00. The third-order valence-electron chi connectivity index (χ3n) is 2.12. The molecule has 0 fully saturated rings. The molecule has 1 nitrogen and oxygen atoms in total. The molecule has 0 aromatic heterocycles. The number of aliphatic hydroxyl groups excluding tert-OH is 1. The fraction of sp³-hybridized carbons (Fsp3) is 0.750. The number of hydrogen-bond acceptors (Lipinski definition) is 1. The molecule has 1 atom stereocenters. The van der Waals surface area contributed by atoms with Crippen molar-refractivity contribution in [2.24, 2.45) is 0 Å². The maximum atomic E-state index is 12.2. The van der Waals surface area contributed by atoms with E-state index in [0.29, 0.717) is 12.0 Å². The van der Waals surface area contributed by atoms with Crippen molar-refractivity contribution in [3.63, 3.8) is 0 Å². The minimum absolute atomic E-state index is 0.186.